The summed E-state index contributed by atoms with van der Waals surface area (Å²) in [6.45, 7) is 0. The minimum atomic E-state index is -0.809. The van der Waals surface area contributed by atoms with Crippen LogP contribution in [0, 0.1) is 5.92 Å². The van der Waals surface area contributed by atoms with Crippen molar-refractivity contribution in [1.29, 1.82) is 0 Å². The van der Waals surface area contributed by atoms with Gasteiger partial charge in [0.2, 0.25) is 0 Å². The van der Waals surface area contributed by atoms with Crippen LogP contribution in [0.15, 0.2) is 36.3 Å². The molecule has 4 nitrogen and oxygen atoms in total. The monoisotopic (exact) mass is 178 g/mol. The number of nitrogens with one attached hydrogen (secondary N) is 2. The molecule has 0 spiro atoms. The van der Waals surface area contributed by atoms with E-state index in [4.69, 9.17) is 5.11 Å². The molecule has 0 aromatic rings. The van der Waals surface area contributed by atoms with Crippen LogP contribution in [0.4, 0.5) is 0 Å². The first-order valence-corrected chi connectivity index (χ1v) is 4.08. The molecule has 0 radical (unpaired) electrons. The Kier molecular flexibility index (Phi) is 1.81. The molecule has 4 heteroatoms. The summed E-state index contributed by atoms with van der Waals surface area (Å²) in [5.74, 6) is -1.30. The fraction of sp³-hybridized carbons (Fsp3) is 0.222. The van der Waals surface area contributed by atoms with Crippen molar-refractivity contribution in [3.8, 4) is 0 Å². The molecule has 13 heavy (non-hydrogen) atoms. The lowest BCUT2D eigenvalue weighted by molar-refractivity contribution is -0.140. The fourth-order valence-electron chi connectivity index (χ4n) is 1.53. The number of carboxylic acids is 1. The number of rotatable bonds is 1. The fourth-order valence-corrected chi connectivity index (χ4v) is 1.53. The quantitative estimate of drug-likeness (QED) is 0.535. The average Bonchev–Trinajstić information content (AvgIpc) is 2.17. The Morgan fingerprint density at radius 2 is 2.31 bits per heavy atom. The van der Waals surface area contributed by atoms with Gasteiger partial charge < -0.3 is 15.7 Å². The van der Waals surface area contributed by atoms with Gasteiger partial charge in [-0.25, -0.2) is 0 Å². The molecule has 68 valence electrons. The van der Waals surface area contributed by atoms with Crippen LogP contribution >= 0.6 is 0 Å². The van der Waals surface area contributed by atoms with Gasteiger partial charge in [-0.3, -0.25) is 4.79 Å². The first-order chi connectivity index (χ1) is 6.29. The summed E-state index contributed by atoms with van der Waals surface area (Å²) in [5, 5.41) is 14.9. The zero-order chi connectivity index (χ0) is 9.26. The number of aliphatic carboxylic acids is 1. The highest BCUT2D eigenvalue weighted by Gasteiger charge is 2.30. The number of hydrogen-bond acceptors (Lipinski definition) is 3. The molecule has 0 bridgehead atoms. The molecule has 2 rings (SSSR count). The Morgan fingerprint density at radius 3 is 3.08 bits per heavy atom. The van der Waals surface area contributed by atoms with Gasteiger partial charge in [-0.05, 0) is 6.08 Å². The van der Waals surface area contributed by atoms with Crippen molar-refractivity contribution in [2.45, 2.75) is 6.04 Å². The van der Waals surface area contributed by atoms with Crippen molar-refractivity contribution in [1.82, 2.24) is 10.6 Å². The van der Waals surface area contributed by atoms with Crippen molar-refractivity contribution in [3.63, 3.8) is 0 Å². The molecule has 0 amide bonds. The Balaban J connectivity index is 2.27. The summed E-state index contributed by atoms with van der Waals surface area (Å²) in [5.41, 5.74) is 0.900. The maximum absolute atomic E-state index is 10.8. The van der Waals surface area contributed by atoms with Crippen molar-refractivity contribution < 1.29 is 9.90 Å². The smallest absolute Gasteiger partial charge is 0.312 e. The van der Waals surface area contributed by atoms with Crippen LogP contribution in [-0.4, -0.2) is 17.1 Å². The first-order valence-electron chi connectivity index (χ1n) is 4.08. The third-order valence-corrected chi connectivity index (χ3v) is 2.18. The van der Waals surface area contributed by atoms with Crippen molar-refractivity contribution in [3.05, 3.63) is 36.3 Å². The molecule has 2 atom stereocenters. The molecular formula is C9H10N2O2. The van der Waals surface area contributed by atoms with Gasteiger partial charge in [-0.2, -0.15) is 0 Å². The van der Waals surface area contributed by atoms with Crippen molar-refractivity contribution in [2.75, 3.05) is 0 Å². The Morgan fingerprint density at radius 1 is 1.46 bits per heavy atom. The lowest BCUT2D eigenvalue weighted by Gasteiger charge is -2.29. The van der Waals surface area contributed by atoms with Crippen LogP contribution in [0.2, 0.25) is 0 Å². The third-order valence-electron chi connectivity index (χ3n) is 2.18. The largest absolute Gasteiger partial charge is 0.481 e. The van der Waals surface area contributed by atoms with Crippen LogP contribution in [0.5, 0.6) is 0 Å². The lowest BCUT2D eigenvalue weighted by Crippen LogP contribution is -2.45. The molecule has 0 saturated carbocycles. The molecule has 2 aliphatic rings. The van der Waals surface area contributed by atoms with Gasteiger partial charge in [0.15, 0.2) is 0 Å². The average molecular weight is 178 g/mol. The summed E-state index contributed by atoms with van der Waals surface area (Å²) >= 11 is 0. The maximum atomic E-state index is 10.8. The van der Waals surface area contributed by atoms with E-state index in [-0.39, 0.29) is 6.04 Å². The number of hydrogen-bond donors (Lipinski definition) is 3. The van der Waals surface area contributed by atoms with Gasteiger partial charge in [0, 0.05) is 18.1 Å². The highest BCUT2D eigenvalue weighted by Crippen LogP contribution is 2.19. The predicted molar refractivity (Wildman–Crippen MR) is 47.5 cm³/mol. The zero-order valence-corrected chi connectivity index (χ0v) is 6.90. The summed E-state index contributed by atoms with van der Waals surface area (Å²) in [7, 11) is 0. The van der Waals surface area contributed by atoms with Gasteiger partial charge in [0.1, 0.15) is 5.92 Å². The highest BCUT2D eigenvalue weighted by molar-refractivity contribution is 5.74. The molecule has 1 aliphatic carbocycles. The second-order valence-corrected chi connectivity index (χ2v) is 2.99. The number of carbonyl (C=O) groups is 1. The number of allylic oxidation sites excluding steroid dienone is 2. The molecule has 0 aromatic carbocycles. The van der Waals surface area contributed by atoms with Crippen LogP contribution in [-0.2, 0) is 4.79 Å². The summed E-state index contributed by atoms with van der Waals surface area (Å²) in [4.78, 5) is 10.8. The van der Waals surface area contributed by atoms with Gasteiger partial charge in [0.05, 0.1) is 6.04 Å². The molecule has 2 unspecified atom stereocenters. The SMILES string of the molecule is O=C(O)C1C=CC=C2NC=CNC21. The van der Waals surface area contributed by atoms with E-state index in [1.165, 1.54) is 0 Å². The number of carboxylic acid groups (broad SMARTS) is 1. The minimum Gasteiger partial charge on any atom is -0.481 e. The molecule has 3 N–H and O–H groups in total. The van der Waals surface area contributed by atoms with E-state index >= 15 is 0 Å². The van der Waals surface area contributed by atoms with Crippen LogP contribution < -0.4 is 10.6 Å². The normalized spacial score (nSPS) is 29.7. The van der Waals surface area contributed by atoms with Crippen LogP contribution in [0.1, 0.15) is 0 Å². The molecule has 0 aromatic heterocycles. The van der Waals surface area contributed by atoms with E-state index in [0.717, 1.165) is 5.70 Å². The second kappa shape index (κ2) is 2.97. The molecular weight excluding hydrogens is 168 g/mol. The molecule has 0 saturated heterocycles. The van der Waals surface area contributed by atoms with E-state index in [1.807, 2.05) is 6.08 Å². The van der Waals surface area contributed by atoms with Crippen molar-refractivity contribution >= 4 is 5.97 Å². The molecule has 0 fully saturated rings. The van der Waals surface area contributed by atoms with Gasteiger partial charge in [0.25, 0.3) is 0 Å². The molecule has 1 heterocycles. The first kappa shape index (κ1) is 7.91. The van der Waals surface area contributed by atoms with E-state index in [2.05, 4.69) is 10.6 Å². The Labute approximate surface area is 75.6 Å². The van der Waals surface area contributed by atoms with E-state index in [1.54, 1.807) is 24.6 Å². The van der Waals surface area contributed by atoms with Gasteiger partial charge >= 0.3 is 5.97 Å². The third kappa shape index (κ3) is 1.30. The van der Waals surface area contributed by atoms with Crippen LogP contribution in [0.25, 0.3) is 0 Å². The van der Waals surface area contributed by atoms with E-state index in [0.29, 0.717) is 0 Å². The van der Waals surface area contributed by atoms with E-state index in [9.17, 15) is 4.79 Å². The topological polar surface area (TPSA) is 61.4 Å². The Hall–Kier alpha value is -1.71. The lowest BCUT2D eigenvalue weighted by atomic mass is 9.92. The zero-order valence-electron chi connectivity index (χ0n) is 6.90. The highest BCUT2D eigenvalue weighted by atomic mass is 16.4. The molecule has 1 aliphatic heterocycles. The summed E-state index contributed by atoms with van der Waals surface area (Å²) < 4.78 is 0. The number of fused-ring (bicyclic) bond motifs is 1. The standard InChI is InChI=1S/C9H10N2O2/c12-9(13)6-2-1-3-7-8(6)11-5-4-10-7/h1-6,8,10-11H,(H,12,13). The Bertz CT molecular complexity index is 318. The maximum Gasteiger partial charge on any atom is 0.312 e. The van der Waals surface area contributed by atoms with Gasteiger partial charge in [-0.1, -0.05) is 12.2 Å². The summed E-state index contributed by atoms with van der Waals surface area (Å²) in [6.07, 6.45) is 8.79. The van der Waals surface area contributed by atoms with Crippen LogP contribution in [0.3, 0.4) is 0 Å². The van der Waals surface area contributed by atoms with E-state index < -0.39 is 11.9 Å². The van der Waals surface area contributed by atoms with Crippen molar-refractivity contribution in [2.24, 2.45) is 5.92 Å². The van der Waals surface area contributed by atoms with Gasteiger partial charge in [-0.15, -0.1) is 0 Å². The summed E-state index contributed by atoms with van der Waals surface area (Å²) in [6, 6.07) is -0.160. The predicted octanol–water partition coefficient (Wildman–Crippen LogP) is 0.174. The minimum absolute atomic E-state index is 0.160. The second-order valence-electron chi connectivity index (χ2n) is 2.99.